The third-order valence-corrected chi connectivity index (χ3v) is 1.23. The van der Waals surface area contributed by atoms with Gasteiger partial charge in [0.15, 0.2) is 11.5 Å². The molecular formula is C8H5O2. The molecule has 10 heavy (non-hydrogen) atoms. The lowest BCUT2D eigenvalue weighted by atomic mass is 10.3. The standard InChI is InChI=1S/C8H5O2/c1-2-4-8-7(3-1)9-5-6-10-8/h1,3-6H. The second-order valence-corrected chi connectivity index (χ2v) is 1.88. The third kappa shape index (κ3) is 0.739. The summed E-state index contributed by atoms with van der Waals surface area (Å²) in [5.41, 5.74) is 0. The van der Waals surface area contributed by atoms with Gasteiger partial charge in [-0.05, 0) is 18.2 Å². The van der Waals surface area contributed by atoms with E-state index in [4.69, 9.17) is 9.47 Å². The fourth-order valence-electron chi connectivity index (χ4n) is 0.792. The molecule has 1 aliphatic rings. The number of fused-ring (bicyclic) bond motifs is 1. The predicted molar refractivity (Wildman–Crippen MR) is 35.7 cm³/mol. The summed E-state index contributed by atoms with van der Waals surface area (Å²) >= 11 is 0. The van der Waals surface area contributed by atoms with Crippen LogP contribution in [0.1, 0.15) is 0 Å². The van der Waals surface area contributed by atoms with Gasteiger partial charge in [-0.2, -0.15) is 0 Å². The zero-order valence-electron chi connectivity index (χ0n) is 5.20. The van der Waals surface area contributed by atoms with E-state index >= 15 is 0 Å². The molecule has 0 bridgehead atoms. The molecule has 0 amide bonds. The summed E-state index contributed by atoms with van der Waals surface area (Å²) in [5, 5.41) is 0. The van der Waals surface area contributed by atoms with Crippen LogP contribution in [-0.2, 0) is 0 Å². The first-order valence-electron chi connectivity index (χ1n) is 2.95. The first-order valence-corrected chi connectivity index (χ1v) is 2.95. The van der Waals surface area contributed by atoms with E-state index in [1.54, 1.807) is 18.2 Å². The predicted octanol–water partition coefficient (Wildman–Crippen LogP) is 1.73. The fraction of sp³-hybridized carbons (Fsp3) is 0. The number of ether oxygens (including phenoxy) is 2. The molecule has 0 atom stereocenters. The molecule has 1 aliphatic heterocycles. The van der Waals surface area contributed by atoms with Crippen LogP contribution in [0.4, 0.5) is 0 Å². The van der Waals surface area contributed by atoms with Crippen LogP contribution in [0.3, 0.4) is 0 Å². The van der Waals surface area contributed by atoms with Gasteiger partial charge in [-0.3, -0.25) is 0 Å². The molecular weight excluding hydrogens is 128 g/mol. The molecule has 1 aromatic carbocycles. The Bertz CT molecular complexity index is 239. The average molecular weight is 133 g/mol. The van der Waals surface area contributed by atoms with E-state index in [9.17, 15) is 0 Å². The van der Waals surface area contributed by atoms with E-state index in [-0.39, 0.29) is 0 Å². The van der Waals surface area contributed by atoms with Gasteiger partial charge in [-0.25, -0.2) is 0 Å². The van der Waals surface area contributed by atoms with Gasteiger partial charge in [-0.15, -0.1) is 0 Å². The molecule has 1 radical (unpaired) electrons. The Hall–Kier alpha value is -1.44. The molecule has 2 heteroatoms. The van der Waals surface area contributed by atoms with Crippen LogP contribution >= 0.6 is 0 Å². The monoisotopic (exact) mass is 133 g/mol. The molecule has 2 rings (SSSR count). The van der Waals surface area contributed by atoms with E-state index in [0.717, 1.165) is 5.75 Å². The van der Waals surface area contributed by atoms with Crippen LogP contribution in [0.25, 0.3) is 0 Å². The van der Waals surface area contributed by atoms with Crippen molar-refractivity contribution < 1.29 is 9.47 Å². The summed E-state index contributed by atoms with van der Waals surface area (Å²) in [7, 11) is 0. The molecule has 1 heterocycles. The third-order valence-electron chi connectivity index (χ3n) is 1.23. The minimum absolute atomic E-state index is 0.713. The van der Waals surface area contributed by atoms with Crippen LogP contribution in [0.2, 0.25) is 0 Å². The van der Waals surface area contributed by atoms with Crippen molar-refractivity contribution in [3.63, 3.8) is 0 Å². The Kier molecular flexibility index (Phi) is 1.10. The van der Waals surface area contributed by atoms with Gasteiger partial charge in [0.1, 0.15) is 12.5 Å². The van der Waals surface area contributed by atoms with Crippen molar-refractivity contribution in [3.05, 3.63) is 36.8 Å². The molecule has 0 saturated carbocycles. The Labute approximate surface area is 58.7 Å². The molecule has 0 aromatic heterocycles. The van der Waals surface area contributed by atoms with Crippen LogP contribution in [0.5, 0.6) is 11.5 Å². The maximum atomic E-state index is 5.10. The minimum Gasteiger partial charge on any atom is -0.458 e. The van der Waals surface area contributed by atoms with E-state index in [1.807, 2.05) is 0 Å². The van der Waals surface area contributed by atoms with Gasteiger partial charge in [0.2, 0.25) is 0 Å². The van der Waals surface area contributed by atoms with Crippen molar-refractivity contribution in [3.8, 4) is 11.5 Å². The molecule has 0 aliphatic carbocycles. The van der Waals surface area contributed by atoms with E-state index < -0.39 is 0 Å². The summed E-state index contributed by atoms with van der Waals surface area (Å²) in [6.45, 7) is 0. The molecule has 49 valence electrons. The molecule has 0 saturated heterocycles. The lowest BCUT2D eigenvalue weighted by Crippen LogP contribution is -1.94. The van der Waals surface area contributed by atoms with Crippen molar-refractivity contribution in [2.45, 2.75) is 0 Å². The zero-order chi connectivity index (χ0) is 6.81. The summed E-state index contributed by atoms with van der Waals surface area (Å²) < 4.78 is 10.2. The highest BCUT2D eigenvalue weighted by Crippen LogP contribution is 2.28. The lowest BCUT2D eigenvalue weighted by Gasteiger charge is -2.10. The van der Waals surface area contributed by atoms with Crippen molar-refractivity contribution in [2.24, 2.45) is 0 Å². The number of hydrogen-bond acceptors (Lipinski definition) is 2. The Morgan fingerprint density at radius 2 is 1.90 bits per heavy atom. The maximum Gasteiger partial charge on any atom is 0.169 e. The maximum absolute atomic E-state index is 5.10. The Morgan fingerprint density at radius 1 is 1.10 bits per heavy atom. The number of benzene rings is 1. The summed E-state index contributed by atoms with van der Waals surface area (Å²) in [5.74, 6) is 1.45. The second-order valence-electron chi connectivity index (χ2n) is 1.88. The number of rotatable bonds is 0. The molecule has 0 spiro atoms. The summed E-state index contributed by atoms with van der Waals surface area (Å²) in [4.78, 5) is 0. The zero-order valence-corrected chi connectivity index (χ0v) is 5.20. The fourth-order valence-corrected chi connectivity index (χ4v) is 0.792. The van der Waals surface area contributed by atoms with Crippen LogP contribution < -0.4 is 9.47 Å². The highest BCUT2D eigenvalue weighted by Gasteiger charge is 2.04. The highest BCUT2D eigenvalue weighted by molar-refractivity contribution is 5.41. The van der Waals surface area contributed by atoms with Gasteiger partial charge >= 0.3 is 0 Å². The largest absolute Gasteiger partial charge is 0.458 e. The van der Waals surface area contributed by atoms with Gasteiger partial charge in [0.25, 0.3) is 0 Å². The number of hydrogen-bond donors (Lipinski definition) is 0. The quantitative estimate of drug-likeness (QED) is 0.536. The van der Waals surface area contributed by atoms with Crippen LogP contribution in [0.15, 0.2) is 30.7 Å². The van der Waals surface area contributed by atoms with E-state index in [2.05, 4.69) is 6.07 Å². The smallest absolute Gasteiger partial charge is 0.169 e. The van der Waals surface area contributed by atoms with Gasteiger partial charge in [-0.1, -0.05) is 6.07 Å². The second kappa shape index (κ2) is 2.06. The molecule has 0 N–H and O–H groups in total. The lowest BCUT2D eigenvalue weighted by molar-refractivity contribution is 0.361. The normalized spacial score (nSPS) is 13.2. The Balaban J connectivity index is 2.47. The Morgan fingerprint density at radius 3 is 2.70 bits per heavy atom. The van der Waals surface area contributed by atoms with Crippen molar-refractivity contribution in [1.82, 2.24) is 0 Å². The van der Waals surface area contributed by atoms with Crippen LogP contribution in [-0.4, -0.2) is 0 Å². The SMILES string of the molecule is [c]1ccc2c(c1)OC=CO2. The molecule has 2 nitrogen and oxygen atoms in total. The van der Waals surface area contributed by atoms with E-state index in [1.165, 1.54) is 12.5 Å². The first-order chi connectivity index (χ1) is 4.97. The molecule has 0 unspecified atom stereocenters. The molecule has 0 fully saturated rings. The average Bonchev–Trinajstić information content (AvgIpc) is 2.05. The minimum atomic E-state index is 0.713. The highest BCUT2D eigenvalue weighted by atomic mass is 16.5. The summed E-state index contributed by atoms with van der Waals surface area (Å²) in [6.07, 6.45) is 3.00. The first kappa shape index (κ1) is 5.35. The van der Waals surface area contributed by atoms with Gasteiger partial charge in [0.05, 0.1) is 0 Å². The molecule has 1 aromatic rings. The van der Waals surface area contributed by atoms with Crippen molar-refractivity contribution in [1.29, 1.82) is 0 Å². The topological polar surface area (TPSA) is 18.5 Å². The van der Waals surface area contributed by atoms with Crippen molar-refractivity contribution in [2.75, 3.05) is 0 Å². The van der Waals surface area contributed by atoms with Gasteiger partial charge < -0.3 is 9.47 Å². The summed E-state index contributed by atoms with van der Waals surface area (Å²) in [6, 6.07) is 8.20. The van der Waals surface area contributed by atoms with E-state index in [0.29, 0.717) is 5.75 Å². The van der Waals surface area contributed by atoms with Crippen LogP contribution in [0, 0.1) is 6.07 Å². The van der Waals surface area contributed by atoms with Gasteiger partial charge in [0, 0.05) is 0 Å². The van der Waals surface area contributed by atoms with Crippen molar-refractivity contribution >= 4 is 0 Å².